The van der Waals surface area contributed by atoms with E-state index in [1.54, 1.807) is 12.1 Å². The molecule has 38 heavy (non-hydrogen) atoms. The van der Waals surface area contributed by atoms with Gasteiger partial charge in [0.25, 0.3) is 0 Å². The van der Waals surface area contributed by atoms with Crippen LogP contribution in [-0.4, -0.2) is 48.1 Å². The number of amides is 2. The number of nitrogens with zero attached hydrogens (tertiary/aromatic N) is 3. The van der Waals surface area contributed by atoms with Gasteiger partial charge < -0.3 is 10.1 Å². The van der Waals surface area contributed by atoms with Crippen molar-refractivity contribution in [1.29, 1.82) is 0 Å². The average Bonchev–Trinajstić information content (AvgIpc) is 3.28. The maximum Gasteiger partial charge on any atom is 0.414 e. The first kappa shape index (κ1) is 25.4. The quantitative estimate of drug-likeness (QED) is 0.354. The van der Waals surface area contributed by atoms with Crippen LogP contribution < -0.4 is 10.2 Å². The van der Waals surface area contributed by atoms with Gasteiger partial charge in [0.2, 0.25) is 5.91 Å². The Hall–Kier alpha value is -4.30. The van der Waals surface area contributed by atoms with Crippen LogP contribution in [0, 0.1) is 5.82 Å². The second-order valence-electron chi connectivity index (χ2n) is 9.57. The monoisotopic (exact) mass is 512 g/mol. The van der Waals surface area contributed by atoms with E-state index in [2.05, 4.69) is 34.4 Å². The summed E-state index contributed by atoms with van der Waals surface area (Å²) in [6.07, 6.45) is 0.814. The number of ether oxygens (including phenoxy) is 1. The lowest BCUT2D eigenvalue weighted by atomic mass is 10.0. The minimum atomic E-state index is -0.555. The van der Waals surface area contributed by atoms with Crippen molar-refractivity contribution in [3.63, 3.8) is 0 Å². The highest BCUT2D eigenvalue weighted by Gasteiger charge is 2.32. The third-order valence-corrected chi connectivity index (χ3v) is 6.61. The van der Waals surface area contributed by atoms with Crippen molar-refractivity contribution in [2.24, 2.45) is 0 Å². The highest BCUT2D eigenvalue weighted by atomic mass is 19.1. The topological polar surface area (TPSA) is 74.8 Å². The van der Waals surface area contributed by atoms with E-state index in [9.17, 15) is 9.59 Å². The fraction of sp³-hybridized carbons (Fsp3) is 0.233. The van der Waals surface area contributed by atoms with Crippen molar-refractivity contribution in [2.75, 3.05) is 25.0 Å². The molecule has 0 saturated carbocycles. The highest BCUT2D eigenvalue weighted by molar-refractivity contribution is 5.90. The number of nitrogens with one attached hydrogen (secondary N) is 1. The molecule has 1 atom stereocenters. The van der Waals surface area contributed by atoms with Gasteiger partial charge in [0.15, 0.2) is 0 Å². The number of para-hydroxylation sites is 1. The molecule has 1 saturated heterocycles. The molecule has 0 radical (unpaired) electrons. The Bertz CT molecular complexity index is 1470. The maximum atomic E-state index is 15.1. The Morgan fingerprint density at radius 3 is 2.66 bits per heavy atom. The lowest BCUT2D eigenvalue weighted by Gasteiger charge is -2.18. The third kappa shape index (κ3) is 5.65. The molecular weight excluding hydrogens is 483 g/mol. The van der Waals surface area contributed by atoms with Gasteiger partial charge >= 0.3 is 6.09 Å². The molecular formula is C30H29FN4O3. The molecule has 1 unspecified atom stereocenters. The first-order valence-corrected chi connectivity index (χ1v) is 12.5. The molecule has 5 rings (SSSR count). The molecule has 1 N–H and O–H groups in total. The van der Waals surface area contributed by atoms with Crippen molar-refractivity contribution in [3.05, 3.63) is 95.9 Å². The van der Waals surface area contributed by atoms with Gasteiger partial charge in [0.05, 0.1) is 24.3 Å². The number of rotatable bonds is 8. The molecule has 4 aromatic rings. The molecule has 2 heterocycles. The Labute approximate surface area is 220 Å². The summed E-state index contributed by atoms with van der Waals surface area (Å²) in [6.45, 7) is 3.40. The summed E-state index contributed by atoms with van der Waals surface area (Å²) < 4.78 is 20.4. The van der Waals surface area contributed by atoms with Crippen LogP contribution in [0.15, 0.2) is 79.0 Å². The SMILES string of the molecule is CC(=O)NCC1CN(c2ccc(-c3ccc(CN(C)Cc4ccnc5ccccc45)cc3)c(F)c2)C(=O)O1. The summed E-state index contributed by atoms with van der Waals surface area (Å²) in [5.41, 5.74) is 4.97. The smallest absolute Gasteiger partial charge is 0.414 e. The van der Waals surface area contributed by atoms with E-state index >= 15 is 4.39 Å². The normalized spacial score (nSPS) is 15.2. The van der Waals surface area contributed by atoms with Gasteiger partial charge in [-0.2, -0.15) is 0 Å². The number of aromatic nitrogens is 1. The summed E-state index contributed by atoms with van der Waals surface area (Å²) in [5.74, 6) is -0.620. The standard InChI is InChI=1S/C30H29FN4O3/c1-20(36)33-16-25-19-35(30(37)38-25)24-11-12-26(28(31)15-24)22-9-7-21(8-10-22)17-34(2)18-23-13-14-32-29-6-4-3-5-27(23)29/h3-15,25H,16-19H2,1-2H3,(H,33,36). The Kier molecular flexibility index (Phi) is 7.33. The number of benzene rings is 3. The van der Waals surface area contributed by atoms with Crippen molar-refractivity contribution < 1.29 is 18.7 Å². The number of hydrogen-bond donors (Lipinski definition) is 1. The van der Waals surface area contributed by atoms with E-state index in [0.717, 1.165) is 35.1 Å². The van der Waals surface area contributed by atoms with Gasteiger partial charge in [-0.15, -0.1) is 0 Å². The Morgan fingerprint density at radius 1 is 1.11 bits per heavy atom. The Balaban J connectivity index is 1.23. The second kappa shape index (κ2) is 11.0. The lowest BCUT2D eigenvalue weighted by molar-refractivity contribution is -0.119. The van der Waals surface area contributed by atoms with Crippen LogP contribution >= 0.6 is 0 Å². The number of fused-ring (bicyclic) bond motifs is 1. The second-order valence-corrected chi connectivity index (χ2v) is 9.57. The molecule has 8 heteroatoms. The van der Waals surface area contributed by atoms with Crippen LogP contribution in [0.25, 0.3) is 22.0 Å². The summed E-state index contributed by atoms with van der Waals surface area (Å²) in [6, 6.07) is 22.8. The molecule has 1 aliphatic rings. The van der Waals surface area contributed by atoms with Crippen LogP contribution in [0.5, 0.6) is 0 Å². The fourth-order valence-corrected chi connectivity index (χ4v) is 4.74. The number of cyclic esters (lactones) is 1. The molecule has 194 valence electrons. The molecule has 0 bridgehead atoms. The zero-order valence-corrected chi connectivity index (χ0v) is 21.4. The van der Waals surface area contributed by atoms with Crippen LogP contribution in [-0.2, 0) is 22.6 Å². The van der Waals surface area contributed by atoms with Gasteiger partial charge in [0, 0.05) is 37.2 Å². The van der Waals surface area contributed by atoms with Crippen molar-refractivity contribution in [3.8, 4) is 11.1 Å². The van der Waals surface area contributed by atoms with Gasteiger partial charge in [0.1, 0.15) is 11.9 Å². The van der Waals surface area contributed by atoms with E-state index in [0.29, 0.717) is 11.3 Å². The van der Waals surface area contributed by atoms with E-state index < -0.39 is 18.0 Å². The number of hydrogen-bond acceptors (Lipinski definition) is 5. The Morgan fingerprint density at radius 2 is 1.89 bits per heavy atom. The number of carbonyl (C=O) groups is 2. The zero-order chi connectivity index (χ0) is 26.6. The summed E-state index contributed by atoms with van der Waals surface area (Å²) >= 11 is 0. The number of anilines is 1. The van der Waals surface area contributed by atoms with E-state index in [4.69, 9.17) is 4.74 Å². The summed E-state index contributed by atoms with van der Waals surface area (Å²) in [4.78, 5) is 31.4. The largest absolute Gasteiger partial charge is 0.442 e. The first-order chi connectivity index (χ1) is 18.4. The van der Waals surface area contributed by atoms with Crippen LogP contribution in [0.1, 0.15) is 18.1 Å². The molecule has 0 aliphatic carbocycles. The van der Waals surface area contributed by atoms with Gasteiger partial charge in [-0.25, -0.2) is 9.18 Å². The van der Waals surface area contributed by atoms with Crippen molar-refractivity contribution in [1.82, 2.24) is 15.2 Å². The molecule has 3 aromatic carbocycles. The highest BCUT2D eigenvalue weighted by Crippen LogP contribution is 2.29. The van der Waals surface area contributed by atoms with Gasteiger partial charge in [-0.05, 0) is 54.1 Å². The summed E-state index contributed by atoms with van der Waals surface area (Å²) in [7, 11) is 2.08. The van der Waals surface area contributed by atoms with E-state index in [1.165, 1.54) is 23.5 Å². The van der Waals surface area contributed by atoms with Crippen LogP contribution in [0.2, 0.25) is 0 Å². The first-order valence-electron chi connectivity index (χ1n) is 12.5. The third-order valence-electron chi connectivity index (χ3n) is 6.61. The predicted molar refractivity (Wildman–Crippen MR) is 145 cm³/mol. The summed E-state index contributed by atoms with van der Waals surface area (Å²) in [5, 5.41) is 3.79. The van der Waals surface area contributed by atoms with E-state index in [1.807, 2.05) is 48.7 Å². The number of halogens is 1. The molecule has 1 aliphatic heterocycles. The maximum absolute atomic E-state index is 15.1. The molecule has 1 aromatic heterocycles. The van der Waals surface area contributed by atoms with Crippen LogP contribution in [0.4, 0.5) is 14.9 Å². The minimum Gasteiger partial charge on any atom is -0.442 e. The lowest BCUT2D eigenvalue weighted by Crippen LogP contribution is -2.33. The van der Waals surface area contributed by atoms with Gasteiger partial charge in [-0.1, -0.05) is 42.5 Å². The fourth-order valence-electron chi connectivity index (χ4n) is 4.74. The van der Waals surface area contributed by atoms with Crippen molar-refractivity contribution in [2.45, 2.75) is 26.1 Å². The van der Waals surface area contributed by atoms with Gasteiger partial charge in [-0.3, -0.25) is 19.6 Å². The molecule has 0 spiro atoms. The number of pyridine rings is 1. The minimum absolute atomic E-state index is 0.199. The molecule has 7 nitrogen and oxygen atoms in total. The molecule has 1 fully saturated rings. The zero-order valence-electron chi connectivity index (χ0n) is 21.4. The average molecular weight is 513 g/mol. The van der Waals surface area contributed by atoms with Crippen molar-refractivity contribution >= 4 is 28.6 Å². The van der Waals surface area contributed by atoms with E-state index in [-0.39, 0.29) is 19.0 Å². The van der Waals surface area contributed by atoms with Crippen LogP contribution in [0.3, 0.4) is 0 Å². The predicted octanol–water partition coefficient (Wildman–Crippen LogP) is 5.13. The number of carbonyl (C=O) groups excluding carboxylic acids is 2. The molecule has 2 amide bonds.